The summed E-state index contributed by atoms with van der Waals surface area (Å²) in [7, 11) is 1.44. The van der Waals surface area contributed by atoms with Gasteiger partial charge in [0.1, 0.15) is 5.82 Å². The third-order valence-electron chi connectivity index (χ3n) is 2.51. The summed E-state index contributed by atoms with van der Waals surface area (Å²) in [5.41, 5.74) is 0.537. The third-order valence-corrected chi connectivity index (χ3v) is 2.73. The molecule has 6 heteroatoms. The molecule has 4 nitrogen and oxygen atoms in total. The average Bonchev–Trinajstić information content (AvgIpc) is 2.39. The standard InChI is InChI=1S/C13H12ClFN2O2/c1-19-10-6-9(14)5-8(13(10)18)7-16-12-4-2-3-11(15)17-12/h2-6,18H,7H2,1H3,(H,16,17). The Labute approximate surface area is 114 Å². The van der Waals surface area contributed by atoms with Gasteiger partial charge >= 0.3 is 0 Å². The van der Waals surface area contributed by atoms with Gasteiger partial charge in [0.25, 0.3) is 0 Å². The van der Waals surface area contributed by atoms with Gasteiger partial charge in [-0.1, -0.05) is 17.7 Å². The number of ether oxygens (including phenoxy) is 1. The largest absolute Gasteiger partial charge is 0.504 e. The van der Waals surface area contributed by atoms with Crippen molar-refractivity contribution in [2.75, 3.05) is 12.4 Å². The number of nitrogens with one attached hydrogen (secondary N) is 1. The van der Waals surface area contributed by atoms with Crippen molar-refractivity contribution >= 4 is 17.4 Å². The van der Waals surface area contributed by atoms with Crippen molar-refractivity contribution in [2.45, 2.75) is 6.54 Å². The van der Waals surface area contributed by atoms with Crippen molar-refractivity contribution in [3.8, 4) is 11.5 Å². The molecule has 2 rings (SSSR count). The predicted molar refractivity (Wildman–Crippen MR) is 71.2 cm³/mol. The molecule has 2 aromatic rings. The van der Waals surface area contributed by atoms with Gasteiger partial charge < -0.3 is 15.2 Å². The Morgan fingerprint density at radius 2 is 2.21 bits per heavy atom. The number of methoxy groups -OCH3 is 1. The zero-order chi connectivity index (χ0) is 13.8. The summed E-state index contributed by atoms with van der Waals surface area (Å²) in [4.78, 5) is 3.66. The summed E-state index contributed by atoms with van der Waals surface area (Å²) in [6, 6.07) is 7.54. The molecular formula is C13H12ClFN2O2. The van der Waals surface area contributed by atoms with E-state index in [9.17, 15) is 9.50 Å². The molecule has 0 amide bonds. The molecule has 0 saturated heterocycles. The number of hydrogen-bond donors (Lipinski definition) is 2. The van der Waals surface area contributed by atoms with E-state index in [4.69, 9.17) is 16.3 Å². The summed E-state index contributed by atoms with van der Waals surface area (Å²) in [6.45, 7) is 0.249. The molecule has 0 aliphatic heterocycles. The van der Waals surface area contributed by atoms with Gasteiger partial charge in [-0.15, -0.1) is 0 Å². The predicted octanol–water partition coefficient (Wildman–Crippen LogP) is 3.20. The second-order valence-corrected chi connectivity index (χ2v) is 4.25. The zero-order valence-corrected chi connectivity index (χ0v) is 10.9. The molecule has 0 atom stereocenters. The van der Waals surface area contributed by atoms with Crippen LogP contribution < -0.4 is 10.1 Å². The number of hydrogen-bond acceptors (Lipinski definition) is 4. The fourth-order valence-electron chi connectivity index (χ4n) is 1.61. The van der Waals surface area contributed by atoms with Crippen LogP contribution in [0.25, 0.3) is 0 Å². The molecule has 2 N–H and O–H groups in total. The molecule has 0 fully saturated rings. The molecule has 19 heavy (non-hydrogen) atoms. The minimum absolute atomic E-state index is 0.00389. The first-order valence-electron chi connectivity index (χ1n) is 5.52. The van der Waals surface area contributed by atoms with Gasteiger partial charge in [0, 0.05) is 23.2 Å². The Hall–Kier alpha value is -2.01. The van der Waals surface area contributed by atoms with E-state index in [1.54, 1.807) is 18.2 Å². The number of nitrogens with zero attached hydrogens (tertiary/aromatic N) is 1. The summed E-state index contributed by atoms with van der Waals surface area (Å²) >= 11 is 5.91. The number of pyridine rings is 1. The molecule has 1 aromatic heterocycles. The van der Waals surface area contributed by atoms with E-state index in [1.165, 1.54) is 19.2 Å². The average molecular weight is 283 g/mol. The molecule has 0 aliphatic rings. The SMILES string of the molecule is COc1cc(Cl)cc(CNc2cccc(F)n2)c1O. The third kappa shape index (κ3) is 3.26. The van der Waals surface area contributed by atoms with Gasteiger partial charge in [0.15, 0.2) is 11.5 Å². The van der Waals surface area contributed by atoms with Crippen molar-refractivity contribution in [1.82, 2.24) is 4.98 Å². The quantitative estimate of drug-likeness (QED) is 0.846. The van der Waals surface area contributed by atoms with Crippen molar-refractivity contribution in [3.05, 3.63) is 46.9 Å². The lowest BCUT2D eigenvalue weighted by Gasteiger charge is -2.11. The number of aromatic nitrogens is 1. The summed E-state index contributed by atoms with van der Waals surface area (Å²) in [6.07, 6.45) is 0. The summed E-state index contributed by atoms with van der Waals surface area (Å²) < 4.78 is 17.9. The maximum Gasteiger partial charge on any atom is 0.214 e. The topological polar surface area (TPSA) is 54.4 Å². The maximum absolute atomic E-state index is 12.9. The number of benzene rings is 1. The Morgan fingerprint density at radius 3 is 2.89 bits per heavy atom. The molecule has 0 spiro atoms. The van der Waals surface area contributed by atoms with Crippen molar-refractivity contribution in [1.29, 1.82) is 0 Å². The van der Waals surface area contributed by atoms with Crippen LogP contribution in [0.2, 0.25) is 5.02 Å². The van der Waals surface area contributed by atoms with Crippen LogP contribution in [0.4, 0.5) is 10.2 Å². The molecule has 0 radical (unpaired) electrons. The highest BCUT2D eigenvalue weighted by molar-refractivity contribution is 6.30. The number of aromatic hydroxyl groups is 1. The monoisotopic (exact) mass is 282 g/mol. The van der Waals surface area contributed by atoms with Gasteiger partial charge in [0.05, 0.1) is 7.11 Å². The number of halogens is 2. The Morgan fingerprint density at radius 1 is 1.42 bits per heavy atom. The van der Waals surface area contributed by atoms with Crippen LogP contribution >= 0.6 is 11.6 Å². The molecule has 1 heterocycles. The van der Waals surface area contributed by atoms with Crippen LogP contribution in [0.1, 0.15) is 5.56 Å². The van der Waals surface area contributed by atoms with Crippen LogP contribution in [0.15, 0.2) is 30.3 Å². The normalized spacial score (nSPS) is 10.3. The highest BCUT2D eigenvalue weighted by atomic mass is 35.5. The molecule has 0 bridgehead atoms. The Bertz CT molecular complexity index is 593. The van der Waals surface area contributed by atoms with Gasteiger partial charge in [-0.05, 0) is 18.2 Å². The van der Waals surface area contributed by atoms with Gasteiger partial charge in [-0.2, -0.15) is 4.39 Å². The molecule has 1 aromatic carbocycles. The first-order valence-corrected chi connectivity index (χ1v) is 5.89. The minimum atomic E-state index is -0.571. The molecule has 0 unspecified atom stereocenters. The van der Waals surface area contributed by atoms with Crippen LogP contribution in [-0.4, -0.2) is 17.2 Å². The van der Waals surface area contributed by atoms with Gasteiger partial charge in [-0.3, -0.25) is 0 Å². The van der Waals surface area contributed by atoms with E-state index in [0.717, 1.165) is 0 Å². The number of phenolic OH excluding ortho intramolecular Hbond substituents is 1. The van der Waals surface area contributed by atoms with E-state index in [1.807, 2.05) is 0 Å². The smallest absolute Gasteiger partial charge is 0.214 e. The van der Waals surface area contributed by atoms with Crippen molar-refractivity contribution in [2.24, 2.45) is 0 Å². The van der Waals surface area contributed by atoms with Crippen LogP contribution in [0, 0.1) is 5.95 Å². The lowest BCUT2D eigenvalue weighted by atomic mass is 10.2. The summed E-state index contributed by atoms with van der Waals surface area (Å²) in [5.74, 6) is 0.0866. The van der Waals surface area contributed by atoms with Crippen molar-refractivity contribution in [3.63, 3.8) is 0 Å². The van der Waals surface area contributed by atoms with E-state index in [0.29, 0.717) is 16.4 Å². The van der Waals surface area contributed by atoms with E-state index in [-0.39, 0.29) is 18.0 Å². The Kier molecular flexibility index (Phi) is 4.06. The first kappa shape index (κ1) is 13.4. The fraction of sp³-hybridized carbons (Fsp3) is 0.154. The molecule has 100 valence electrons. The van der Waals surface area contributed by atoms with Gasteiger partial charge in [0.2, 0.25) is 5.95 Å². The number of phenols is 1. The first-order chi connectivity index (χ1) is 9.10. The zero-order valence-electron chi connectivity index (χ0n) is 10.2. The highest BCUT2D eigenvalue weighted by Crippen LogP contribution is 2.33. The maximum atomic E-state index is 12.9. The molecule has 0 saturated carbocycles. The Balaban J connectivity index is 2.17. The second kappa shape index (κ2) is 5.75. The number of rotatable bonds is 4. The van der Waals surface area contributed by atoms with Gasteiger partial charge in [-0.25, -0.2) is 4.98 Å². The van der Waals surface area contributed by atoms with Crippen LogP contribution in [0.5, 0.6) is 11.5 Å². The molecule has 0 aliphatic carbocycles. The molecular weight excluding hydrogens is 271 g/mol. The van der Waals surface area contributed by atoms with E-state index >= 15 is 0 Å². The lowest BCUT2D eigenvalue weighted by molar-refractivity contribution is 0.371. The fourth-order valence-corrected chi connectivity index (χ4v) is 1.84. The lowest BCUT2D eigenvalue weighted by Crippen LogP contribution is -2.03. The second-order valence-electron chi connectivity index (χ2n) is 3.81. The highest BCUT2D eigenvalue weighted by Gasteiger charge is 2.10. The number of anilines is 1. The van der Waals surface area contributed by atoms with E-state index in [2.05, 4.69) is 10.3 Å². The van der Waals surface area contributed by atoms with Crippen molar-refractivity contribution < 1.29 is 14.2 Å². The van der Waals surface area contributed by atoms with Crippen LogP contribution in [0.3, 0.4) is 0 Å². The minimum Gasteiger partial charge on any atom is -0.504 e. The summed E-state index contributed by atoms with van der Waals surface area (Å²) in [5, 5.41) is 13.3. The van der Waals surface area contributed by atoms with Crippen LogP contribution in [-0.2, 0) is 6.54 Å². The van der Waals surface area contributed by atoms with E-state index < -0.39 is 5.95 Å².